The Hall–Kier alpha value is -1.06. The molecule has 0 bridgehead atoms. The van der Waals surface area contributed by atoms with Crippen molar-refractivity contribution in [2.45, 2.75) is 58.0 Å². The van der Waals surface area contributed by atoms with Crippen molar-refractivity contribution in [1.82, 2.24) is 14.9 Å². The summed E-state index contributed by atoms with van der Waals surface area (Å²) in [5.41, 5.74) is 2.13. The van der Waals surface area contributed by atoms with E-state index in [9.17, 15) is 0 Å². The highest BCUT2D eigenvalue weighted by Gasteiger charge is 2.16. The summed E-state index contributed by atoms with van der Waals surface area (Å²) in [6.45, 7) is 4.37. The minimum absolute atomic E-state index is 0.657. The van der Waals surface area contributed by atoms with Gasteiger partial charge in [0.05, 0.1) is 16.1 Å². The highest BCUT2D eigenvalue weighted by Crippen LogP contribution is 2.26. The molecule has 21 heavy (non-hydrogen) atoms. The number of hydrogen-bond acceptors (Lipinski definition) is 2. The molecule has 0 spiro atoms. The van der Waals surface area contributed by atoms with E-state index in [1.54, 1.807) is 0 Å². The molecule has 1 N–H and O–H groups in total. The number of imidazole rings is 1. The molecular formula is C17H24ClN3. The van der Waals surface area contributed by atoms with Gasteiger partial charge < -0.3 is 9.88 Å². The fourth-order valence-corrected chi connectivity index (χ4v) is 3.59. The highest BCUT2D eigenvalue weighted by molar-refractivity contribution is 6.35. The van der Waals surface area contributed by atoms with E-state index in [1.165, 1.54) is 38.1 Å². The van der Waals surface area contributed by atoms with E-state index in [2.05, 4.69) is 22.9 Å². The molecule has 1 aliphatic rings. The van der Waals surface area contributed by atoms with E-state index in [0.29, 0.717) is 6.04 Å². The molecule has 1 atom stereocenters. The smallest absolute Gasteiger partial charge is 0.109 e. The lowest BCUT2D eigenvalue weighted by Gasteiger charge is -2.23. The van der Waals surface area contributed by atoms with Gasteiger partial charge in [-0.1, -0.05) is 31.0 Å². The Labute approximate surface area is 131 Å². The standard InChI is InChI=1S/C17H24ClN3/c1-2-12-21-16(10-9-13-6-3-4-11-19-13)20-15-8-5-7-14(18)17(15)21/h5,7-8,13,19H,2-4,6,9-12H2,1H3. The largest absolute Gasteiger partial charge is 0.327 e. The minimum atomic E-state index is 0.657. The summed E-state index contributed by atoms with van der Waals surface area (Å²) in [5.74, 6) is 1.19. The lowest BCUT2D eigenvalue weighted by atomic mass is 10.0. The summed E-state index contributed by atoms with van der Waals surface area (Å²) in [4.78, 5) is 4.83. The number of hydrogen-bond donors (Lipinski definition) is 1. The van der Waals surface area contributed by atoms with Gasteiger partial charge in [0.2, 0.25) is 0 Å². The molecule has 2 aromatic rings. The number of nitrogens with zero attached hydrogens (tertiary/aromatic N) is 2. The van der Waals surface area contributed by atoms with Crippen LogP contribution in [0.4, 0.5) is 0 Å². The Morgan fingerprint density at radius 1 is 1.38 bits per heavy atom. The van der Waals surface area contributed by atoms with Gasteiger partial charge >= 0.3 is 0 Å². The first-order valence-electron chi connectivity index (χ1n) is 8.16. The van der Waals surface area contributed by atoms with Crippen LogP contribution in [-0.2, 0) is 13.0 Å². The number of benzene rings is 1. The maximum absolute atomic E-state index is 6.39. The number of para-hydroxylation sites is 1. The van der Waals surface area contributed by atoms with E-state index in [4.69, 9.17) is 16.6 Å². The molecule has 1 unspecified atom stereocenters. The average molecular weight is 306 g/mol. The fraction of sp³-hybridized carbons (Fsp3) is 0.588. The Balaban J connectivity index is 1.83. The number of nitrogens with one attached hydrogen (secondary N) is 1. The normalized spacial score (nSPS) is 19.2. The second-order valence-electron chi connectivity index (χ2n) is 5.97. The Bertz CT molecular complexity index is 599. The summed E-state index contributed by atoms with van der Waals surface area (Å²) >= 11 is 6.39. The van der Waals surface area contributed by atoms with Gasteiger partial charge in [-0.05, 0) is 44.4 Å². The first kappa shape index (κ1) is 14.9. The summed E-state index contributed by atoms with van der Waals surface area (Å²) in [7, 11) is 0. The second-order valence-corrected chi connectivity index (χ2v) is 6.38. The van der Waals surface area contributed by atoms with Crippen molar-refractivity contribution in [3.8, 4) is 0 Å². The molecule has 1 aliphatic heterocycles. The van der Waals surface area contributed by atoms with Crippen LogP contribution in [0.5, 0.6) is 0 Å². The molecule has 1 aromatic carbocycles. The third-order valence-electron chi connectivity index (χ3n) is 4.37. The summed E-state index contributed by atoms with van der Waals surface area (Å²) in [6.07, 6.45) is 7.28. The number of aryl methyl sites for hydroxylation is 2. The van der Waals surface area contributed by atoms with Gasteiger partial charge in [-0.3, -0.25) is 0 Å². The Morgan fingerprint density at radius 2 is 2.29 bits per heavy atom. The van der Waals surface area contributed by atoms with Crippen molar-refractivity contribution < 1.29 is 0 Å². The predicted octanol–water partition coefficient (Wildman–Crippen LogP) is 4.17. The maximum Gasteiger partial charge on any atom is 0.109 e. The summed E-state index contributed by atoms with van der Waals surface area (Å²) < 4.78 is 2.32. The van der Waals surface area contributed by atoms with Crippen LogP contribution in [0.3, 0.4) is 0 Å². The number of halogens is 1. The molecule has 1 aromatic heterocycles. The van der Waals surface area contributed by atoms with Crippen molar-refractivity contribution in [2.24, 2.45) is 0 Å². The molecular weight excluding hydrogens is 282 g/mol. The third-order valence-corrected chi connectivity index (χ3v) is 4.68. The Kier molecular flexibility index (Phi) is 4.81. The zero-order valence-electron chi connectivity index (χ0n) is 12.7. The van der Waals surface area contributed by atoms with Crippen molar-refractivity contribution in [3.63, 3.8) is 0 Å². The SMILES string of the molecule is CCCn1c(CCC2CCCCN2)nc2cccc(Cl)c21. The first-order valence-corrected chi connectivity index (χ1v) is 8.54. The number of aromatic nitrogens is 2. The van der Waals surface area contributed by atoms with Crippen molar-refractivity contribution >= 4 is 22.6 Å². The van der Waals surface area contributed by atoms with Gasteiger partial charge in [-0.15, -0.1) is 0 Å². The van der Waals surface area contributed by atoms with E-state index in [1.807, 2.05) is 12.1 Å². The van der Waals surface area contributed by atoms with Crippen LogP contribution in [0.1, 0.15) is 44.9 Å². The summed E-state index contributed by atoms with van der Waals surface area (Å²) in [6, 6.07) is 6.67. The monoisotopic (exact) mass is 305 g/mol. The lowest BCUT2D eigenvalue weighted by molar-refractivity contribution is 0.379. The number of piperidine rings is 1. The van der Waals surface area contributed by atoms with Gasteiger partial charge in [-0.25, -0.2) is 4.98 Å². The second kappa shape index (κ2) is 6.80. The highest BCUT2D eigenvalue weighted by atomic mass is 35.5. The number of fused-ring (bicyclic) bond motifs is 1. The van der Waals surface area contributed by atoms with Gasteiger partial charge in [0.25, 0.3) is 0 Å². The van der Waals surface area contributed by atoms with Gasteiger partial charge in [0.15, 0.2) is 0 Å². The van der Waals surface area contributed by atoms with Gasteiger partial charge in [-0.2, -0.15) is 0 Å². The lowest BCUT2D eigenvalue weighted by Crippen LogP contribution is -2.34. The van der Waals surface area contributed by atoms with Crippen LogP contribution >= 0.6 is 11.6 Å². The van der Waals surface area contributed by atoms with E-state index >= 15 is 0 Å². The molecule has 3 nitrogen and oxygen atoms in total. The quantitative estimate of drug-likeness (QED) is 0.898. The van der Waals surface area contributed by atoms with Crippen LogP contribution in [-0.4, -0.2) is 22.1 Å². The fourth-order valence-electron chi connectivity index (χ4n) is 3.32. The van der Waals surface area contributed by atoms with Crippen molar-refractivity contribution in [3.05, 3.63) is 29.0 Å². The predicted molar refractivity (Wildman–Crippen MR) is 89.0 cm³/mol. The van der Waals surface area contributed by atoms with Crippen LogP contribution in [0, 0.1) is 0 Å². The van der Waals surface area contributed by atoms with Gasteiger partial charge in [0.1, 0.15) is 5.82 Å². The van der Waals surface area contributed by atoms with E-state index < -0.39 is 0 Å². The Morgan fingerprint density at radius 3 is 3.05 bits per heavy atom. The summed E-state index contributed by atoms with van der Waals surface area (Å²) in [5, 5.41) is 4.44. The molecule has 114 valence electrons. The van der Waals surface area contributed by atoms with Crippen LogP contribution < -0.4 is 5.32 Å². The molecule has 0 saturated carbocycles. The molecule has 3 rings (SSSR count). The van der Waals surface area contributed by atoms with E-state index in [-0.39, 0.29) is 0 Å². The third kappa shape index (κ3) is 3.24. The molecule has 0 aliphatic carbocycles. The van der Waals surface area contributed by atoms with E-state index in [0.717, 1.165) is 35.4 Å². The average Bonchev–Trinajstić information content (AvgIpc) is 2.86. The topological polar surface area (TPSA) is 29.9 Å². The van der Waals surface area contributed by atoms with Crippen molar-refractivity contribution in [2.75, 3.05) is 6.54 Å². The molecule has 1 saturated heterocycles. The molecule has 1 fully saturated rings. The van der Waals surface area contributed by atoms with Crippen LogP contribution in [0.2, 0.25) is 5.02 Å². The molecule has 0 radical (unpaired) electrons. The minimum Gasteiger partial charge on any atom is -0.327 e. The zero-order chi connectivity index (χ0) is 14.7. The molecule has 2 heterocycles. The van der Waals surface area contributed by atoms with Crippen LogP contribution in [0.25, 0.3) is 11.0 Å². The number of rotatable bonds is 5. The first-order chi connectivity index (χ1) is 10.3. The molecule has 4 heteroatoms. The van der Waals surface area contributed by atoms with Crippen LogP contribution in [0.15, 0.2) is 18.2 Å². The van der Waals surface area contributed by atoms with Gasteiger partial charge in [0, 0.05) is 19.0 Å². The zero-order valence-corrected chi connectivity index (χ0v) is 13.5. The van der Waals surface area contributed by atoms with Crippen molar-refractivity contribution in [1.29, 1.82) is 0 Å². The maximum atomic E-state index is 6.39. The molecule has 0 amide bonds.